The van der Waals surface area contributed by atoms with Crippen molar-refractivity contribution in [3.63, 3.8) is 0 Å². The number of hydrogen-bond acceptors (Lipinski definition) is 6. The highest BCUT2D eigenvalue weighted by Gasteiger charge is 2.32. The van der Waals surface area contributed by atoms with E-state index in [4.69, 9.17) is 16.3 Å². The zero-order valence-corrected chi connectivity index (χ0v) is 19.2. The van der Waals surface area contributed by atoms with E-state index in [9.17, 15) is 14.7 Å². The summed E-state index contributed by atoms with van der Waals surface area (Å²) in [7, 11) is 1.78. The number of nitrogens with one attached hydrogen (secondary N) is 1. The van der Waals surface area contributed by atoms with Gasteiger partial charge >= 0.3 is 0 Å². The summed E-state index contributed by atoms with van der Waals surface area (Å²) in [6.45, 7) is 2.20. The van der Waals surface area contributed by atoms with Crippen LogP contribution in [0.3, 0.4) is 0 Å². The summed E-state index contributed by atoms with van der Waals surface area (Å²) in [5.74, 6) is 0.691. The maximum atomic E-state index is 13.1. The fraction of sp³-hybridized carbons (Fsp3) is 0.261. The van der Waals surface area contributed by atoms with Crippen LogP contribution < -0.4 is 15.6 Å². The largest absolute Gasteiger partial charge is 0.504 e. The third-order valence-electron chi connectivity index (χ3n) is 5.27. The van der Waals surface area contributed by atoms with Crippen molar-refractivity contribution < 1.29 is 14.6 Å². The van der Waals surface area contributed by atoms with Crippen molar-refractivity contribution in [2.75, 3.05) is 11.9 Å². The van der Waals surface area contributed by atoms with Gasteiger partial charge in [0, 0.05) is 30.2 Å². The van der Waals surface area contributed by atoms with E-state index >= 15 is 0 Å². The van der Waals surface area contributed by atoms with Crippen LogP contribution in [0.15, 0.2) is 52.4 Å². The van der Waals surface area contributed by atoms with E-state index in [0.29, 0.717) is 45.2 Å². The van der Waals surface area contributed by atoms with Crippen LogP contribution in [0.4, 0.5) is 5.82 Å². The quantitative estimate of drug-likeness (QED) is 0.411. The van der Waals surface area contributed by atoms with E-state index in [0.717, 1.165) is 5.56 Å². The minimum Gasteiger partial charge on any atom is -0.504 e. The molecule has 3 aromatic rings. The van der Waals surface area contributed by atoms with Gasteiger partial charge in [-0.3, -0.25) is 9.59 Å². The minimum absolute atomic E-state index is 0.0102. The Bertz CT molecular complexity index is 1230. The minimum atomic E-state index is -0.486. The Balaban J connectivity index is 1.70. The van der Waals surface area contributed by atoms with Crippen molar-refractivity contribution in [1.29, 1.82) is 0 Å². The summed E-state index contributed by atoms with van der Waals surface area (Å²) in [5, 5.41) is 14.0. The predicted octanol–water partition coefficient (Wildman–Crippen LogP) is 4.30. The third-order valence-corrected chi connectivity index (χ3v) is 6.62. The van der Waals surface area contributed by atoms with Gasteiger partial charge in [0.15, 0.2) is 16.7 Å². The maximum absolute atomic E-state index is 13.1. The van der Waals surface area contributed by atoms with Gasteiger partial charge in [0.25, 0.3) is 5.56 Å². The topological polar surface area (TPSA) is 93.5 Å². The first-order valence-corrected chi connectivity index (χ1v) is 11.5. The van der Waals surface area contributed by atoms with E-state index in [1.165, 1.54) is 17.8 Å². The number of ether oxygens (including phenoxy) is 1. The lowest BCUT2D eigenvalue weighted by atomic mass is 9.86. The van der Waals surface area contributed by atoms with Crippen LogP contribution in [-0.2, 0) is 17.6 Å². The van der Waals surface area contributed by atoms with Gasteiger partial charge in [-0.05, 0) is 42.3 Å². The number of carbonyl (C=O) groups excluding carboxylic acids is 1. The molecule has 0 unspecified atom stereocenters. The van der Waals surface area contributed by atoms with Crippen molar-refractivity contribution in [1.82, 2.24) is 9.55 Å². The Morgan fingerprint density at radius 2 is 2.00 bits per heavy atom. The lowest BCUT2D eigenvalue weighted by Gasteiger charge is -2.27. The molecule has 0 aliphatic carbocycles. The number of aromatic nitrogens is 2. The Kier molecular flexibility index (Phi) is 6.43. The SMILES string of the molecule is CCOc1cc([C@@H]2CC(=O)Nc3c2c(=O)nc(SCc2ccc(Cl)cc2)n3C)ccc1O. The second-order valence-corrected chi connectivity index (χ2v) is 8.78. The van der Waals surface area contributed by atoms with E-state index < -0.39 is 5.92 Å². The highest BCUT2D eigenvalue weighted by molar-refractivity contribution is 7.98. The van der Waals surface area contributed by atoms with Gasteiger partial charge in [0.1, 0.15) is 5.82 Å². The number of anilines is 1. The molecule has 1 aliphatic heterocycles. The zero-order valence-electron chi connectivity index (χ0n) is 17.6. The lowest BCUT2D eigenvalue weighted by molar-refractivity contribution is -0.116. The molecule has 0 saturated carbocycles. The van der Waals surface area contributed by atoms with E-state index in [1.54, 1.807) is 23.7 Å². The van der Waals surface area contributed by atoms with Crippen molar-refractivity contribution in [3.8, 4) is 11.5 Å². The summed E-state index contributed by atoms with van der Waals surface area (Å²) in [6.07, 6.45) is 0.109. The number of carbonyl (C=O) groups is 1. The molecular formula is C23H22ClN3O4S. The molecule has 1 atom stereocenters. The number of benzene rings is 2. The first-order chi connectivity index (χ1) is 15.4. The van der Waals surface area contributed by atoms with E-state index in [-0.39, 0.29) is 23.6 Å². The fourth-order valence-corrected chi connectivity index (χ4v) is 4.74. The predicted molar refractivity (Wildman–Crippen MR) is 125 cm³/mol. The van der Waals surface area contributed by atoms with E-state index in [1.807, 2.05) is 31.2 Å². The van der Waals surface area contributed by atoms with Gasteiger partial charge in [0.05, 0.1) is 12.2 Å². The molecule has 2 aromatic carbocycles. The summed E-state index contributed by atoms with van der Waals surface area (Å²) in [5.41, 5.74) is 1.80. The van der Waals surface area contributed by atoms with Gasteiger partial charge in [-0.15, -0.1) is 0 Å². The highest BCUT2D eigenvalue weighted by atomic mass is 35.5. The van der Waals surface area contributed by atoms with Crippen LogP contribution in [-0.4, -0.2) is 27.2 Å². The number of aromatic hydroxyl groups is 1. The zero-order chi connectivity index (χ0) is 22.8. The van der Waals surface area contributed by atoms with Gasteiger partial charge in [-0.1, -0.05) is 41.6 Å². The molecule has 1 amide bonds. The summed E-state index contributed by atoms with van der Waals surface area (Å²) in [6, 6.07) is 12.4. The van der Waals surface area contributed by atoms with Crippen molar-refractivity contribution in [3.05, 3.63) is 74.5 Å². The fourth-order valence-electron chi connectivity index (χ4n) is 3.70. The summed E-state index contributed by atoms with van der Waals surface area (Å²) < 4.78 is 7.22. The van der Waals surface area contributed by atoms with Crippen molar-refractivity contribution in [2.45, 2.75) is 30.2 Å². The van der Waals surface area contributed by atoms with Gasteiger partial charge in [-0.2, -0.15) is 4.98 Å². The second-order valence-electron chi connectivity index (χ2n) is 7.40. The Morgan fingerprint density at radius 1 is 1.25 bits per heavy atom. The molecule has 0 bridgehead atoms. The third kappa shape index (κ3) is 4.47. The first kappa shape index (κ1) is 22.2. The molecule has 32 heavy (non-hydrogen) atoms. The Morgan fingerprint density at radius 3 is 2.72 bits per heavy atom. The smallest absolute Gasteiger partial charge is 0.279 e. The van der Waals surface area contributed by atoms with Crippen LogP contribution >= 0.6 is 23.4 Å². The molecule has 9 heteroatoms. The average Bonchev–Trinajstić information content (AvgIpc) is 2.77. The summed E-state index contributed by atoms with van der Waals surface area (Å²) in [4.78, 5) is 29.9. The van der Waals surface area contributed by atoms with Crippen LogP contribution in [0.2, 0.25) is 5.02 Å². The monoisotopic (exact) mass is 471 g/mol. The van der Waals surface area contributed by atoms with E-state index in [2.05, 4.69) is 10.3 Å². The molecule has 0 saturated heterocycles. The van der Waals surface area contributed by atoms with Crippen LogP contribution in [0.1, 0.15) is 36.0 Å². The second kappa shape index (κ2) is 9.26. The van der Waals surface area contributed by atoms with Gasteiger partial charge in [-0.25, -0.2) is 0 Å². The van der Waals surface area contributed by atoms with Crippen molar-refractivity contribution >= 4 is 35.1 Å². The number of nitrogens with zero attached hydrogens (tertiary/aromatic N) is 2. The molecule has 0 radical (unpaired) electrons. The number of phenolic OH excluding ortho intramolecular Hbond substituents is 1. The van der Waals surface area contributed by atoms with Crippen LogP contribution in [0.5, 0.6) is 11.5 Å². The molecule has 7 nitrogen and oxygen atoms in total. The number of hydrogen-bond donors (Lipinski definition) is 2. The molecule has 4 rings (SSSR count). The molecule has 1 aliphatic rings. The van der Waals surface area contributed by atoms with Crippen LogP contribution in [0, 0.1) is 0 Å². The number of fused-ring (bicyclic) bond motifs is 1. The average molecular weight is 472 g/mol. The maximum Gasteiger partial charge on any atom is 0.279 e. The standard InChI is InChI=1S/C23H22ClN3O4S/c1-3-31-18-10-14(6-9-17(18)28)16-11-19(29)25-21-20(16)22(30)26-23(27(21)2)32-12-13-4-7-15(24)8-5-13/h4-10,16,28H,3,11-12H2,1-2H3,(H,25,29)/t16-/m0/s1. The Labute approximate surface area is 194 Å². The molecule has 2 N–H and O–H groups in total. The normalized spacial score (nSPS) is 15.2. The first-order valence-electron chi connectivity index (χ1n) is 10.1. The number of halogens is 1. The van der Waals surface area contributed by atoms with Gasteiger partial charge in [0.2, 0.25) is 5.91 Å². The number of phenols is 1. The molecule has 2 heterocycles. The number of thioether (sulfide) groups is 1. The number of amides is 1. The lowest BCUT2D eigenvalue weighted by Crippen LogP contribution is -2.33. The highest BCUT2D eigenvalue weighted by Crippen LogP contribution is 2.39. The number of rotatable bonds is 6. The van der Waals surface area contributed by atoms with Crippen molar-refractivity contribution in [2.24, 2.45) is 7.05 Å². The molecule has 166 valence electrons. The Hall–Kier alpha value is -2.97. The molecule has 0 fully saturated rings. The van der Waals surface area contributed by atoms with Crippen LogP contribution in [0.25, 0.3) is 0 Å². The molecular weight excluding hydrogens is 450 g/mol. The summed E-state index contributed by atoms with van der Waals surface area (Å²) >= 11 is 7.35. The van der Waals surface area contributed by atoms with Gasteiger partial charge < -0.3 is 19.7 Å². The molecule has 1 aromatic heterocycles. The molecule has 0 spiro atoms.